The molecule has 1 fully saturated rings. The Morgan fingerprint density at radius 1 is 1.46 bits per heavy atom. The number of ether oxygens (including phenoxy) is 2. The van der Waals surface area contributed by atoms with Crippen LogP contribution in [0.1, 0.15) is 17.8 Å². The molecule has 6 nitrogen and oxygen atoms in total. The molecule has 72 valence electrons. The number of rotatable bonds is 2. The molecule has 1 aromatic heterocycles. The Hall–Kier alpha value is -0.980. The van der Waals surface area contributed by atoms with Gasteiger partial charge in [-0.1, -0.05) is 5.16 Å². The zero-order valence-electron chi connectivity index (χ0n) is 7.10. The summed E-state index contributed by atoms with van der Waals surface area (Å²) < 4.78 is 15.4. The molecule has 0 bridgehead atoms. The van der Waals surface area contributed by atoms with Gasteiger partial charge in [0.1, 0.15) is 6.10 Å². The average molecular weight is 185 g/mol. The smallest absolute Gasteiger partial charge is 0.240 e. The van der Waals surface area contributed by atoms with Gasteiger partial charge in [0.2, 0.25) is 11.7 Å². The maximum Gasteiger partial charge on any atom is 0.240 e. The summed E-state index contributed by atoms with van der Waals surface area (Å²) in [5.74, 6) is 0.935. The van der Waals surface area contributed by atoms with Crippen molar-refractivity contribution in [3.05, 3.63) is 11.7 Å². The summed E-state index contributed by atoms with van der Waals surface area (Å²) in [5, 5.41) is 3.74. The zero-order valence-corrected chi connectivity index (χ0v) is 7.10. The largest absolute Gasteiger partial charge is 0.376 e. The van der Waals surface area contributed by atoms with Gasteiger partial charge >= 0.3 is 0 Å². The van der Waals surface area contributed by atoms with E-state index in [1.165, 1.54) is 0 Å². The first-order valence-corrected chi connectivity index (χ1v) is 4.12. The maximum atomic E-state index is 5.37. The van der Waals surface area contributed by atoms with Crippen LogP contribution in [0.15, 0.2) is 4.52 Å². The lowest BCUT2D eigenvalue weighted by molar-refractivity contribution is -0.0941. The second-order valence-electron chi connectivity index (χ2n) is 2.68. The van der Waals surface area contributed by atoms with Crippen molar-refractivity contribution in [2.24, 2.45) is 5.73 Å². The molecule has 0 aromatic carbocycles. The molecule has 0 aliphatic carbocycles. The van der Waals surface area contributed by atoms with Crippen molar-refractivity contribution < 1.29 is 14.0 Å². The van der Waals surface area contributed by atoms with Crippen molar-refractivity contribution in [3.8, 4) is 0 Å². The van der Waals surface area contributed by atoms with Crippen LogP contribution in [0.2, 0.25) is 0 Å². The molecule has 2 N–H and O–H groups in total. The van der Waals surface area contributed by atoms with Gasteiger partial charge in [-0.15, -0.1) is 0 Å². The summed E-state index contributed by atoms with van der Waals surface area (Å²) >= 11 is 0. The van der Waals surface area contributed by atoms with Crippen LogP contribution in [0.3, 0.4) is 0 Å². The Labute approximate surface area is 75.0 Å². The average Bonchev–Trinajstić information content (AvgIpc) is 2.67. The number of nitrogens with two attached hydrogens (primary N) is 1. The molecule has 1 aromatic rings. The summed E-state index contributed by atoms with van der Waals surface area (Å²) in [6.07, 6.45) is -0.210. The normalized spacial score (nSPS) is 23.3. The summed E-state index contributed by atoms with van der Waals surface area (Å²) in [6, 6.07) is 0. The van der Waals surface area contributed by atoms with E-state index in [2.05, 4.69) is 10.1 Å². The molecule has 1 saturated heterocycles. The summed E-state index contributed by atoms with van der Waals surface area (Å²) in [4.78, 5) is 4.04. The van der Waals surface area contributed by atoms with Gasteiger partial charge in [0, 0.05) is 0 Å². The van der Waals surface area contributed by atoms with E-state index < -0.39 is 0 Å². The van der Waals surface area contributed by atoms with E-state index in [1.807, 2.05) is 0 Å². The Balaban J connectivity index is 2.05. The van der Waals surface area contributed by atoms with E-state index in [4.69, 9.17) is 19.7 Å². The highest BCUT2D eigenvalue weighted by Gasteiger charge is 2.21. The van der Waals surface area contributed by atoms with Gasteiger partial charge in [0.15, 0.2) is 0 Å². The molecule has 0 amide bonds. The molecule has 6 heteroatoms. The Bertz CT molecular complexity index is 270. The molecule has 1 aliphatic heterocycles. The van der Waals surface area contributed by atoms with E-state index in [1.54, 1.807) is 0 Å². The molecule has 0 saturated carbocycles. The fraction of sp³-hybridized carbons (Fsp3) is 0.714. The van der Waals surface area contributed by atoms with Crippen LogP contribution < -0.4 is 5.73 Å². The van der Waals surface area contributed by atoms with Crippen molar-refractivity contribution in [2.45, 2.75) is 12.6 Å². The minimum Gasteiger partial charge on any atom is -0.376 e. The highest BCUT2D eigenvalue weighted by molar-refractivity contribution is 4.91. The predicted octanol–water partition coefficient (Wildman–Crippen LogP) is -0.384. The van der Waals surface area contributed by atoms with Crippen LogP contribution >= 0.6 is 0 Å². The first kappa shape index (κ1) is 8.61. The molecule has 1 aliphatic rings. The van der Waals surface area contributed by atoms with Crippen LogP contribution in [-0.4, -0.2) is 30.0 Å². The third kappa shape index (κ3) is 1.85. The Morgan fingerprint density at radius 2 is 2.38 bits per heavy atom. The lowest BCUT2D eigenvalue weighted by Crippen LogP contribution is -2.22. The topological polar surface area (TPSA) is 83.4 Å². The van der Waals surface area contributed by atoms with E-state index in [0.717, 1.165) is 0 Å². The Kier molecular flexibility index (Phi) is 2.53. The molecular formula is C7H11N3O3. The molecule has 0 radical (unpaired) electrons. The maximum absolute atomic E-state index is 5.37. The molecule has 2 rings (SSSR count). The summed E-state index contributed by atoms with van der Waals surface area (Å²) in [7, 11) is 0. The second kappa shape index (κ2) is 3.82. The number of hydrogen-bond acceptors (Lipinski definition) is 6. The third-order valence-corrected chi connectivity index (χ3v) is 1.76. The molecule has 1 atom stereocenters. The van der Waals surface area contributed by atoms with Gasteiger partial charge in [-0.25, -0.2) is 0 Å². The Morgan fingerprint density at radius 3 is 3.00 bits per heavy atom. The quantitative estimate of drug-likeness (QED) is 0.676. The van der Waals surface area contributed by atoms with Gasteiger partial charge in [0.05, 0.1) is 26.4 Å². The summed E-state index contributed by atoms with van der Waals surface area (Å²) in [6.45, 7) is 1.92. The SMILES string of the molecule is NCc1nc(C2COCCO2)no1. The van der Waals surface area contributed by atoms with Crippen LogP contribution in [0.5, 0.6) is 0 Å². The zero-order chi connectivity index (χ0) is 9.10. The van der Waals surface area contributed by atoms with Crippen molar-refractivity contribution in [1.29, 1.82) is 0 Å². The lowest BCUT2D eigenvalue weighted by atomic mass is 10.3. The lowest BCUT2D eigenvalue weighted by Gasteiger charge is -2.19. The van der Waals surface area contributed by atoms with Gasteiger partial charge in [-0.05, 0) is 0 Å². The van der Waals surface area contributed by atoms with Crippen LogP contribution in [0, 0.1) is 0 Å². The van der Waals surface area contributed by atoms with Crippen LogP contribution in [0.25, 0.3) is 0 Å². The van der Waals surface area contributed by atoms with Crippen molar-refractivity contribution in [2.75, 3.05) is 19.8 Å². The van der Waals surface area contributed by atoms with E-state index >= 15 is 0 Å². The van der Waals surface area contributed by atoms with Gasteiger partial charge < -0.3 is 19.7 Å². The van der Waals surface area contributed by atoms with Gasteiger partial charge in [-0.2, -0.15) is 4.98 Å². The minimum absolute atomic E-state index is 0.210. The summed E-state index contributed by atoms with van der Waals surface area (Å²) in [5.41, 5.74) is 5.32. The van der Waals surface area contributed by atoms with E-state index in [0.29, 0.717) is 31.5 Å². The third-order valence-electron chi connectivity index (χ3n) is 1.76. The fourth-order valence-corrected chi connectivity index (χ4v) is 1.12. The van der Waals surface area contributed by atoms with E-state index in [-0.39, 0.29) is 12.6 Å². The van der Waals surface area contributed by atoms with Gasteiger partial charge in [0.25, 0.3) is 0 Å². The first-order chi connectivity index (χ1) is 6.40. The first-order valence-electron chi connectivity index (χ1n) is 4.12. The van der Waals surface area contributed by atoms with E-state index in [9.17, 15) is 0 Å². The molecule has 0 spiro atoms. The molecule has 2 heterocycles. The highest BCUT2D eigenvalue weighted by Crippen LogP contribution is 2.17. The number of hydrogen-bond donors (Lipinski definition) is 1. The predicted molar refractivity (Wildman–Crippen MR) is 41.7 cm³/mol. The monoisotopic (exact) mass is 185 g/mol. The number of aromatic nitrogens is 2. The second-order valence-corrected chi connectivity index (χ2v) is 2.68. The van der Waals surface area contributed by atoms with Crippen LogP contribution in [-0.2, 0) is 16.0 Å². The number of nitrogens with zero attached hydrogens (tertiary/aromatic N) is 2. The van der Waals surface area contributed by atoms with Gasteiger partial charge in [-0.3, -0.25) is 0 Å². The minimum atomic E-state index is -0.210. The van der Waals surface area contributed by atoms with Crippen molar-refractivity contribution in [3.63, 3.8) is 0 Å². The highest BCUT2D eigenvalue weighted by atomic mass is 16.6. The van der Waals surface area contributed by atoms with Crippen molar-refractivity contribution in [1.82, 2.24) is 10.1 Å². The molecule has 1 unspecified atom stereocenters. The van der Waals surface area contributed by atoms with Crippen LogP contribution in [0.4, 0.5) is 0 Å². The fourth-order valence-electron chi connectivity index (χ4n) is 1.12. The molecule has 13 heavy (non-hydrogen) atoms. The van der Waals surface area contributed by atoms with Crippen molar-refractivity contribution >= 4 is 0 Å². The standard InChI is InChI=1S/C7H11N3O3/c8-3-6-9-7(10-13-6)5-4-11-1-2-12-5/h5H,1-4,8H2. The molecular weight excluding hydrogens is 174 g/mol.